The number of hydrogen-bond donors (Lipinski definition) is 2. The number of ether oxygens (including phenoxy) is 3. The van der Waals surface area contributed by atoms with Crippen LogP contribution in [0.15, 0.2) is 59.8 Å². The van der Waals surface area contributed by atoms with Crippen LogP contribution in [0.2, 0.25) is 0 Å². The second kappa shape index (κ2) is 9.74. The molecule has 0 aromatic heterocycles. The summed E-state index contributed by atoms with van der Waals surface area (Å²) in [5.74, 6) is 1.15. The summed E-state index contributed by atoms with van der Waals surface area (Å²) in [5.41, 5.74) is 3.05. The molecule has 0 aliphatic carbocycles. The van der Waals surface area contributed by atoms with E-state index < -0.39 is 12.0 Å². The first-order chi connectivity index (χ1) is 16.6. The minimum Gasteiger partial charge on any atom is -0.466 e. The molecule has 9 nitrogen and oxygen atoms in total. The Morgan fingerprint density at radius 3 is 2.44 bits per heavy atom. The van der Waals surface area contributed by atoms with Crippen LogP contribution < -0.4 is 20.1 Å². The number of carbonyl (C=O) groups excluding carboxylic acids is 2. The Morgan fingerprint density at radius 1 is 1.00 bits per heavy atom. The van der Waals surface area contributed by atoms with Gasteiger partial charge in [0.2, 0.25) is 6.79 Å². The maximum Gasteiger partial charge on any atom is 0.338 e. The van der Waals surface area contributed by atoms with Crippen LogP contribution in [0.25, 0.3) is 0 Å². The number of rotatable bonds is 6. The lowest BCUT2D eigenvalue weighted by molar-refractivity contribution is -0.136. The summed E-state index contributed by atoms with van der Waals surface area (Å²) in [6.07, 6.45) is 0. The van der Waals surface area contributed by atoms with Crippen molar-refractivity contribution < 1.29 is 23.8 Å². The van der Waals surface area contributed by atoms with Gasteiger partial charge in [-0.2, -0.15) is 0 Å². The van der Waals surface area contributed by atoms with Crippen LogP contribution in [0, 0.1) is 0 Å². The Kier molecular flexibility index (Phi) is 6.37. The van der Waals surface area contributed by atoms with Gasteiger partial charge in [0.15, 0.2) is 11.5 Å². The molecule has 178 valence electrons. The quantitative estimate of drug-likeness (QED) is 0.632. The van der Waals surface area contributed by atoms with Crippen molar-refractivity contribution in [3.05, 3.63) is 70.9 Å². The van der Waals surface area contributed by atoms with Gasteiger partial charge in [0.05, 0.1) is 18.7 Å². The van der Waals surface area contributed by atoms with Gasteiger partial charge in [-0.1, -0.05) is 36.4 Å². The number of esters is 1. The lowest BCUT2D eigenvalue weighted by Crippen LogP contribution is -2.51. The number of urea groups is 1. The molecular weight excluding hydrogens is 436 g/mol. The standard InChI is InChI=1S/C25H28N4O5/c1-32-24(30)22-19(26-25(31)27-23(22)18-5-3-2-4-6-18)15-29-11-9-28(10-12-29)14-17-7-8-20-21(13-17)34-16-33-20/h2-8,13,23H,9-12,14-16H2,1H3,(H2,26,27,31)/t23-/m1/s1. The Balaban J connectivity index is 1.26. The molecule has 0 unspecified atom stereocenters. The average Bonchev–Trinajstić information content (AvgIpc) is 3.33. The molecule has 2 aromatic carbocycles. The molecule has 3 aliphatic rings. The van der Waals surface area contributed by atoms with Gasteiger partial charge in [-0.05, 0) is 23.3 Å². The van der Waals surface area contributed by atoms with E-state index >= 15 is 0 Å². The zero-order valence-electron chi connectivity index (χ0n) is 19.1. The van der Waals surface area contributed by atoms with Gasteiger partial charge in [-0.25, -0.2) is 9.59 Å². The number of amides is 2. The number of fused-ring (bicyclic) bond motifs is 1. The fourth-order valence-corrected chi connectivity index (χ4v) is 4.62. The molecule has 2 aromatic rings. The number of piperazine rings is 1. The van der Waals surface area contributed by atoms with Gasteiger partial charge in [-0.15, -0.1) is 0 Å². The van der Waals surface area contributed by atoms with E-state index in [9.17, 15) is 9.59 Å². The van der Waals surface area contributed by atoms with Gasteiger partial charge in [0, 0.05) is 45.0 Å². The molecule has 9 heteroatoms. The fraction of sp³-hybridized carbons (Fsp3) is 0.360. The topological polar surface area (TPSA) is 92.4 Å². The predicted octanol–water partition coefficient (Wildman–Crippen LogP) is 2.01. The van der Waals surface area contributed by atoms with Crippen LogP contribution in [-0.4, -0.2) is 68.4 Å². The molecule has 1 fully saturated rings. The van der Waals surface area contributed by atoms with Crippen molar-refractivity contribution in [2.24, 2.45) is 0 Å². The first kappa shape index (κ1) is 22.2. The minimum absolute atomic E-state index is 0.276. The van der Waals surface area contributed by atoms with Gasteiger partial charge >= 0.3 is 12.0 Å². The summed E-state index contributed by atoms with van der Waals surface area (Å²) in [6.45, 7) is 4.98. The van der Waals surface area contributed by atoms with E-state index in [2.05, 4.69) is 26.5 Å². The van der Waals surface area contributed by atoms with Crippen molar-refractivity contribution in [3.63, 3.8) is 0 Å². The average molecular weight is 465 g/mol. The summed E-state index contributed by atoms with van der Waals surface area (Å²) in [4.78, 5) is 29.8. The summed E-state index contributed by atoms with van der Waals surface area (Å²) in [5, 5.41) is 5.71. The van der Waals surface area contributed by atoms with Crippen molar-refractivity contribution in [2.75, 3.05) is 46.6 Å². The normalized spacial score (nSPS) is 20.6. The Hall–Kier alpha value is -3.56. The molecular formula is C25H28N4O5. The van der Waals surface area contributed by atoms with E-state index in [4.69, 9.17) is 14.2 Å². The third kappa shape index (κ3) is 4.71. The second-order valence-corrected chi connectivity index (χ2v) is 8.57. The highest BCUT2D eigenvalue weighted by Gasteiger charge is 2.34. The maximum atomic E-state index is 12.7. The Morgan fingerprint density at radius 2 is 1.71 bits per heavy atom. The van der Waals surface area contributed by atoms with Crippen LogP contribution in [-0.2, 0) is 16.1 Å². The Bertz CT molecular complexity index is 1100. The number of benzene rings is 2. The Labute approximate surface area is 198 Å². The fourth-order valence-electron chi connectivity index (χ4n) is 4.62. The molecule has 1 saturated heterocycles. The number of methoxy groups -OCH3 is 1. The van der Waals surface area contributed by atoms with Crippen molar-refractivity contribution in [3.8, 4) is 11.5 Å². The largest absolute Gasteiger partial charge is 0.466 e. The number of hydrogen-bond acceptors (Lipinski definition) is 7. The smallest absolute Gasteiger partial charge is 0.338 e. The molecule has 3 heterocycles. The lowest BCUT2D eigenvalue weighted by atomic mass is 9.95. The summed E-state index contributed by atoms with van der Waals surface area (Å²) < 4.78 is 16.0. The summed E-state index contributed by atoms with van der Waals surface area (Å²) >= 11 is 0. The molecule has 34 heavy (non-hydrogen) atoms. The zero-order chi connectivity index (χ0) is 23.5. The number of nitrogens with one attached hydrogen (secondary N) is 2. The van der Waals surface area contributed by atoms with Crippen molar-refractivity contribution >= 4 is 12.0 Å². The third-order valence-electron chi connectivity index (χ3n) is 6.38. The highest BCUT2D eigenvalue weighted by molar-refractivity contribution is 5.95. The molecule has 0 spiro atoms. The van der Waals surface area contributed by atoms with E-state index in [1.807, 2.05) is 42.5 Å². The molecule has 2 N–H and O–H groups in total. The maximum absolute atomic E-state index is 12.7. The van der Waals surface area contributed by atoms with Crippen molar-refractivity contribution in [1.29, 1.82) is 0 Å². The van der Waals surface area contributed by atoms with E-state index in [0.717, 1.165) is 49.8 Å². The van der Waals surface area contributed by atoms with Gasteiger partial charge in [0.25, 0.3) is 0 Å². The molecule has 3 aliphatic heterocycles. The summed E-state index contributed by atoms with van der Waals surface area (Å²) in [7, 11) is 1.36. The lowest BCUT2D eigenvalue weighted by Gasteiger charge is -2.37. The molecule has 2 amide bonds. The van der Waals surface area contributed by atoms with E-state index in [0.29, 0.717) is 17.8 Å². The van der Waals surface area contributed by atoms with Crippen molar-refractivity contribution in [2.45, 2.75) is 12.6 Å². The SMILES string of the molecule is COC(=O)C1=C(CN2CCN(Cc3ccc4c(c3)OCO4)CC2)NC(=O)N[C@@H]1c1ccccc1. The molecule has 5 rings (SSSR count). The second-order valence-electron chi connectivity index (χ2n) is 8.57. The van der Waals surface area contributed by atoms with Crippen LogP contribution in [0.3, 0.4) is 0 Å². The predicted molar refractivity (Wildman–Crippen MR) is 124 cm³/mol. The third-order valence-corrected chi connectivity index (χ3v) is 6.38. The number of nitrogens with zero attached hydrogens (tertiary/aromatic N) is 2. The molecule has 0 radical (unpaired) electrons. The first-order valence-corrected chi connectivity index (χ1v) is 11.4. The van der Waals surface area contributed by atoms with Crippen LogP contribution >= 0.6 is 0 Å². The monoisotopic (exact) mass is 464 g/mol. The molecule has 0 saturated carbocycles. The van der Waals surface area contributed by atoms with E-state index in [1.54, 1.807) is 0 Å². The van der Waals surface area contributed by atoms with Crippen LogP contribution in [0.5, 0.6) is 11.5 Å². The zero-order valence-corrected chi connectivity index (χ0v) is 19.1. The van der Waals surface area contributed by atoms with Gasteiger partial charge in [0.1, 0.15) is 0 Å². The summed E-state index contributed by atoms with van der Waals surface area (Å²) in [6, 6.07) is 14.7. The van der Waals surface area contributed by atoms with Gasteiger partial charge in [-0.3, -0.25) is 9.80 Å². The van der Waals surface area contributed by atoms with E-state index in [-0.39, 0.29) is 12.8 Å². The highest BCUT2D eigenvalue weighted by atomic mass is 16.7. The van der Waals surface area contributed by atoms with Crippen molar-refractivity contribution in [1.82, 2.24) is 20.4 Å². The van der Waals surface area contributed by atoms with Gasteiger partial charge < -0.3 is 24.8 Å². The number of carbonyl (C=O) groups is 2. The minimum atomic E-state index is -0.551. The van der Waals surface area contributed by atoms with E-state index in [1.165, 1.54) is 12.7 Å². The first-order valence-electron chi connectivity index (χ1n) is 11.4. The molecule has 1 atom stereocenters. The highest BCUT2D eigenvalue weighted by Crippen LogP contribution is 2.33. The van der Waals surface area contributed by atoms with Crippen LogP contribution in [0.4, 0.5) is 4.79 Å². The van der Waals surface area contributed by atoms with Crippen LogP contribution in [0.1, 0.15) is 17.2 Å². The molecule has 0 bridgehead atoms.